The third-order valence-corrected chi connectivity index (χ3v) is 14.2. The molecule has 43 heavy (non-hydrogen) atoms. The highest BCUT2D eigenvalue weighted by atomic mass is 16.4. The number of nitrogens with zero attached hydrogens (tertiary/aromatic N) is 2. The summed E-state index contributed by atoms with van der Waals surface area (Å²) in [7, 11) is 0. The Kier molecular flexibility index (Phi) is 6.91. The molecule has 6 rings (SSSR count). The van der Waals surface area contributed by atoms with Gasteiger partial charge in [0.2, 0.25) is 5.96 Å². The van der Waals surface area contributed by atoms with Crippen LogP contribution in [0.2, 0.25) is 0 Å². The average Bonchev–Trinajstić information content (AvgIpc) is 3.43. The first-order valence-corrected chi connectivity index (χ1v) is 16.5. The highest BCUT2D eigenvalue weighted by Gasteiger charge is 2.69. The molecule has 0 bridgehead atoms. The molecule has 1 aromatic rings. The number of allylic oxidation sites excluding steroid dienone is 3. The summed E-state index contributed by atoms with van der Waals surface area (Å²) in [5, 5.41) is 19.5. The van der Waals surface area contributed by atoms with Crippen molar-refractivity contribution in [2.75, 3.05) is 0 Å². The fourth-order valence-electron chi connectivity index (χ4n) is 11.7. The van der Waals surface area contributed by atoms with Gasteiger partial charge in [-0.05, 0) is 121 Å². The lowest BCUT2D eigenvalue weighted by Gasteiger charge is -2.71. The summed E-state index contributed by atoms with van der Waals surface area (Å²) in [6.45, 7) is 16.9. The van der Waals surface area contributed by atoms with Crippen LogP contribution >= 0.6 is 0 Å². The van der Waals surface area contributed by atoms with E-state index in [1.807, 2.05) is 12.1 Å². The highest BCUT2D eigenvalue weighted by molar-refractivity contribution is 6.08. The van der Waals surface area contributed by atoms with Gasteiger partial charge in [0.15, 0.2) is 0 Å². The van der Waals surface area contributed by atoms with Gasteiger partial charge in [-0.2, -0.15) is 5.10 Å². The summed E-state index contributed by atoms with van der Waals surface area (Å²) in [4.78, 5) is 13.0. The normalized spacial score (nSPS) is 45.3. The number of carbonyl (C=O) groups is 1. The van der Waals surface area contributed by atoms with Crippen LogP contribution in [0.4, 0.5) is 0 Å². The average molecular weight is 589 g/mol. The lowest BCUT2D eigenvalue weighted by Crippen LogP contribution is -2.65. The van der Waals surface area contributed by atoms with Gasteiger partial charge >= 0.3 is 5.97 Å². The van der Waals surface area contributed by atoms with Crippen molar-refractivity contribution in [1.82, 2.24) is 0 Å². The van der Waals surface area contributed by atoms with Crippen LogP contribution in [0.1, 0.15) is 106 Å². The van der Waals surface area contributed by atoms with E-state index in [4.69, 9.17) is 15.9 Å². The molecule has 0 unspecified atom stereocenters. The van der Waals surface area contributed by atoms with Gasteiger partial charge in [0, 0.05) is 5.41 Å². The number of carboxylic acids is 1. The Balaban J connectivity index is 1.48. The Morgan fingerprint density at radius 1 is 1.05 bits per heavy atom. The quantitative estimate of drug-likeness (QED) is 0.145. The Morgan fingerprint density at radius 3 is 2.44 bits per heavy atom. The third-order valence-electron chi connectivity index (χ3n) is 14.2. The number of nitrogens with two attached hydrogens (primary N) is 2. The first kappa shape index (κ1) is 30.2. The zero-order chi connectivity index (χ0) is 31.2. The second-order valence-corrected chi connectivity index (χ2v) is 16.2. The molecule has 5 aliphatic carbocycles. The summed E-state index contributed by atoms with van der Waals surface area (Å²) < 4.78 is 5.78. The number of rotatable bonds is 3. The number of hydrogen-bond donors (Lipinski definition) is 3. The highest BCUT2D eigenvalue weighted by Crippen LogP contribution is 2.76. The van der Waals surface area contributed by atoms with Gasteiger partial charge < -0.3 is 21.0 Å². The van der Waals surface area contributed by atoms with Crippen LogP contribution in [0.25, 0.3) is 6.08 Å². The van der Waals surface area contributed by atoms with Crippen LogP contribution < -0.4 is 11.5 Å². The van der Waals surface area contributed by atoms with E-state index in [1.54, 1.807) is 6.26 Å². The Labute approximate surface area is 257 Å². The van der Waals surface area contributed by atoms with Crippen molar-refractivity contribution in [2.45, 2.75) is 99.8 Å². The van der Waals surface area contributed by atoms with Gasteiger partial charge in [0.1, 0.15) is 5.76 Å². The number of guanidine groups is 1. The van der Waals surface area contributed by atoms with E-state index < -0.39 is 11.4 Å². The first-order valence-electron chi connectivity index (χ1n) is 16.5. The van der Waals surface area contributed by atoms with E-state index in [0.717, 1.165) is 68.4 Å². The molecule has 0 aromatic carbocycles. The van der Waals surface area contributed by atoms with Crippen LogP contribution in [-0.2, 0) is 4.79 Å². The van der Waals surface area contributed by atoms with Crippen LogP contribution in [0.3, 0.4) is 0 Å². The largest absolute Gasteiger partial charge is 0.481 e. The molecule has 0 amide bonds. The molecular formula is C36H52N4O3. The van der Waals surface area contributed by atoms with Crippen molar-refractivity contribution in [3.8, 4) is 0 Å². The van der Waals surface area contributed by atoms with E-state index in [9.17, 15) is 9.90 Å². The number of furan rings is 1. The van der Waals surface area contributed by atoms with E-state index in [0.29, 0.717) is 23.7 Å². The van der Waals surface area contributed by atoms with Gasteiger partial charge in [-0.15, -0.1) is 5.10 Å². The van der Waals surface area contributed by atoms with Crippen LogP contribution in [-0.4, -0.2) is 22.7 Å². The fourth-order valence-corrected chi connectivity index (χ4v) is 11.7. The van der Waals surface area contributed by atoms with Crippen molar-refractivity contribution >= 4 is 23.7 Å². The summed E-state index contributed by atoms with van der Waals surface area (Å²) in [5.74, 6) is 2.06. The van der Waals surface area contributed by atoms with Crippen LogP contribution in [0.15, 0.2) is 50.2 Å². The zero-order valence-corrected chi connectivity index (χ0v) is 27.2. The summed E-state index contributed by atoms with van der Waals surface area (Å²) >= 11 is 0. The van der Waals surface area contributed by atoms with E-state index in [1.165, 1.54) is 5.57 Å². The lowest BCUT2D eigenvalue weighted by atomic mass is 9.33. The molecule has 7 heteroatoms. The van der Waals surface area contributed by atoms with E-state index >= 15 is 0 Å². The molecule has 1 heterocycles. The standard InChI is InChI=1S/C36H52N4O3/c1-21-12-15-36(30(41)42)17-16-34(6)25(28(36)22(21)2)10-11-27-33(5)20-23(19-24-9-8-18-43-24)29(39-40-31(37)38)32(3,4)26(33)13-14-35(27,34)7/h8-10,18-19,21-22,26-28H,11-17,20H2,1-7H3,(H,41,42)(H4,37,38,40)/b23-19+,39-29+/t21-,22+,26+,27-,28+,33+,34-,35-,36+/m1/s1. The Bertz CT molecular complexity index is 1420. The van der Waals surface area contributed by atoms with E-state index in [-0.39, 0.29) is 33.5 Å². The van der Waals surface area contributed by atoms with Crippen molar-refractivity contribution in [3.63, 3.8) is 0 Å². The lowest BCUT2D eigenvalue weighted by molar-refractivity contribution is -0.179. The minimum atomic E-state index is -0.621. The zero-order valence-electron chi connectivity index (χ0n) is 27.2. The molecule has 7 nitrogen and oxygen atoms in total. The molecule has 4 saturated carbocycles. The Morgan fingerprint density at radius 2 is 1.79 bits per heavy atom. The molecule has 0 radical (unpaired) electrons. The minimum Gasteiger partial charge on any atom is -0.481 e. The van der Waals surface area contributed by atoms with Crippen LogP contribution in [0.5, 0.6) is 0 Å². The molecule has 5 aliphatic rings. The van der Waals surface area contributed by atoms with E-state index in [2.05, 4.69) is 70.8 Å². The first-order chi connectivity index (χ1) is 20.1. The molecule has 1 aromatic heterocycles. The molecule has 9 atom stereocenters. The SMILES string of the molecule is C[C@H]1[C@H](C)CC[C@]2(C(=O)O)CC[C@]3(C)C(=CC[C@@H]4[C@@]5(C)CC(=C\c6ccco6)/C(=N\N=C(N)N)C(C)(C)[C@@H]5CC[C@]43C)[C@H]12. The number of aliphatic carboxylic acids is 1. The monoisotopic (exact) mass is 588 g/mol. The maximum absolute atomic E-state index is 13.0. The third kappa shape index (κ3) is 4.08. The van der Waals surface area contributed by atoms with Crippen molar-refractivity contribution in [1.29, 1.82) is 0 Å². The van der Waals surface area contributed by atoms with Gasteiger partial charge in [0.25, 0.3) is 0 Å². The van der Waals surface area contributed by atoms with Crippen LogP contribution in [0, 0.1) is 56.7 Å². The number of carboxylic acid groups (broad SMARTS) is 1. The minimum absolute atomic E-state index is 0.00374. The second-order valence-electron chi connectivity index (χ2n) is 16.2. The predicted molar refractivity (Wildman–Crippen MR) is 172 cm³/mol. The van der Waals surface area contributed by atoms with Crippen molar-refractivity contribution in [3.05, 3.63) is 41.4 Å². The molecule has 0 saturated heterocycles. The number of fused-ring (bicyclic) bond motifs is 7. The van der Waals surface area contributed by atoms with Gasteiger partial charge in [-0.3, -0.25) is 4.79 Å². The molecule has 5 N–H and O–H groups in total. The Hall–Kier alpha value is -2.83. The fraction of sp³-hybridized carbons (Fsp3) is 0.694. The summed E-state index contributed by atoms with van der Waals surface area (Å²) in [5.41, 5.74) is 14.2. The van der Waals surface area contributed by atoms with Gasteiger partial charge in [-0.25, -0.2) is 0 Å². The van der Waals surface area contributed by atoms with Gasteiger partial charge in [-0.1, -0.05) is 60.1 Å². The predicted octanol–water partition coefficient (Wildman–Crippen LogP) is 7.64. The molecule has 234 valence electrons. The maximum atomic E-state index is 13.0. The van der Waals surface area contributed by atoms with Crippen molar-refractivity contribution < 1.29 is 14.3 Å². The second kappa shape index (κ2) is 9.84. The molecular weight excluding hydrogens is 536 g/mol. The molecule has 0 spiro atoms. The number of hydrogen-bond acceptors (Lipinski definition) is 4. The smallest absolute Gasteiger partial charge is 0.310 e. The summed E-state index contributed by atoms with van der Waals surface area (Å²) in [6.07, 6.45) is 14.0. The van der Waals surface area contributed by atoms with Crippen molar-refractivity contribution in [2.24, 2.45) is 78.3 Å². The molecule has 0 aliphatic heterocycles. The maximum Gasteiger partial charge on any atom is 0.310 e. The summed E-state index contributed by atoms with van der Waals surface area (Å²) in [6, 6.07) is 3.90. The van der Waals surface area contributed by atoms with Gasteiger partial charge in [0.05, 0.1) is 17.4 Å². The topological polar surface area (TPSA) is 127 Å². The molecule has 4 fully saturated rings.